The number of nitro benzene ring substituents is 1. The van der Waals surface area contributed by atoms with Gasteiger partial charge >= 0.3 is 0 Å². The van der Waals surface area contributed by atoms with Crippen molar-refractivity contribution in [1.82, 2.24) is 0 Å². The van der Waals surface area contributed by atoms with E-state index >= 15 is 0 Å². The van der Waals surface area contributed by atoms with E-state index in [9.17, 15) is 10.1 Å². The van der Waals surface area contributed by atoms with Gasteiger partial charge in [-0.15, -0.1) is 0 Å². The third-order valence-corrected chi connectivity index (χ3v) is 0.967. The van der Waals surface area contributed by atoms with E-state index in [4.69, 9.17) is 0 Å². The van der Waals surface area contributed by atoms with Gasteiger partial charge in [0.05, 0.1) is 4.92 Å². The Morgan fingerprint density at radius 1 is 1.00 bits per heavy atom. The van der Waals surface area contributed by atoms with E-state index in [1.165, 1.54) is 12.1 Å². The topological polar surface area (TPSA) is 43.1 Å². The van der Waals surface area contributed by atoms with Crippen LogP contribution in [0.4, 0.5) is 19.8 Å². The Hall–Kier alpha value is -1.59. The number of nitrogens with zero attached hydrogens (tertiary/aromatic N) is 1. The van der Waals surface area contributed by atoms with Crippen molar-refractivity contribution in [1.29, 1.82) is 0 Å². The molecule has 0 radical (unpaired) electrons. The average molecular weight is 183 g/mol. The summed E-state index contributed by atoms with van der Waals surface area (Å²) < 4.78 is 0. The third-order valence-electron chi connectivity index (χ3n) is 0.967. The number of hydrogen-bond acceptors (Lipinski definition) is 2. The summed E-state index contributed by atoms with van der Waals surface area (Å²) in [5, 5.41) is 10.0. The molecule has 0 aliphatic heterocycles. The van der Waals surface area contributed by atoms with Crippen LogP contribution < -0.4 is 0 Å². The molecule has 0 heterocycles. The van der Waals surface area contributed by atoms with Gasteiger partial charge in [0.25, 0.3) is 5.69 Å². The van der Waals surface area contributed by atoms with E-state index in [1.54, 1.807) is 18.2 Å². The quantitative estimate of drug-likeness (QED) is 0.494. The van der Waals surface area contributed by atoms with Gasteiger partial charge in [0, 0.05) is 12.1 Å². The minimum Gasteiger partial charge on any atom is -0.269 e. The Kier molecular flexibility index (Phi) is 10.5. The Bertz CT molecular complexity index is 217. The van der Waals surface area contributed by atoms with E-state index < -0.39 is 4.92 Å². The van der Waals surface area contributed by atoms with Gasteiger partial charge in [-0.3, -0.25) is 24.2 Å². The van der Waals surface area contributed by atoms with Crippen molar-refractivity contribution in [3.05, 3.63) is 40.4 Å². The van der Waals surface area contributed by atoms with E-state index in [0.717, 1.165) is 0 Å². The second-order valence-electron chi connectivity index (χ2n) is 1.59. The number of rotatable bonds is 1. The zero-order chi connectivity index (χ0) is 6.69. The molecule has 0 unspecified atom stereocenters. The highest BCUT2D eigenvalue weighted by Gasteiger charge is 1.98. The minimum atomic E-state index is -0.417. The summed E-state index contributed by atoms with van der Waals surface area (Å²) in [6.45, 7) is 0. The first-order valence-corrected chi connectivity index (χ1v) is 2.50. The summed E-state index contributed by atoms with van der Waals surface area (Å²) in [6.07, 6.45) is 0. The first-order chi connectivity index (χ1) is 4.30. The van der Waals surface area contributed by atoms with Crippen LogP contribution in [0.1, 0.15) is 0 Å². The van der Waals surface area contributed by atoms with Crippen LogP contribution in [0.3, 0.4) is 0 Å². The van der Waals surface area contributed by atoms with Crippen molar-refractivity contribution in [3.8, 4) is 0 Å². The normalized spacial score (nSPS) is 6.67. The van der Waals surface area contributed by atoms with Gasteiger partial charge in [0.15, 0.2) is 0 Å². The van der Waals surface area contributed by atoms with E-state index in [1.807, 2.05) is 0 Å². The smallest absolute Gasteiger partial charge is 0.269 e. The molecule has 0 N–H and O–H groups in total. The summed E-state index contributed by atoms with van der Waals surface area (Å²) in [5.41, 5.74) is 0.137. The van der Waals surface area contributed by atoms with Gasteiger partial charge in [-0.2, -0.15) is 0 Å². The van der Waals surface area contributed by atoms with Crippen LogP contribution in [0.15, 0.2) is 30.3 Å². The van der Waals surface area contributed by atoms with Gasteiger partial charge in [-0.25, -0.2) is 0 Å². The largest absolute Gasteiger partial charge is 0.269 e. The van der Waals surface area contributed by atoms with Crippen LogP contribution in [-0.4, -0.2) is 4.92 Å². The number of para-hydroxylation sites is 1. The minimum absolute atomic E-state index is 0. The molecule has 1 rings (SSSR count). The molecule has 6 heteroatoms. The van der Waals surface area contributed by atoms with E-state index in [2.05, 4.69) is 0 Å². The lowest BCUT2D eigenvalue weighted by Gasteiger charge is -1.85. The molecular weight excluding hydrogens is 175 g/mol. The Morgan fingerprint density at radius 2 is 1.42 bits per heavy atom. The first-order valence-electron chi connectivity index (χ1n) is 2.50. The SMILES string of the molecule is F.F.F.O=[N+]([O-])c1ccccc1. The predicted octanol–water partition coefficient (Wildman–Crippen LogP) is 2.05. The molecular formula is C6H8F3NO2. The summed E-state index contributed by atoms with van der Waals surface area (Å²) >= 11 is 0. The molecule has 0 aromatic heterocycles. The van der Waals surface area contributed by atoms with Gasteiger partial charge < -0.3 is 0 Å². The molecule has 0 spiro atoms. The molecule has 0 saturated heterocycles. The van der Waals surface area contributed by atoms with E-state index in [-0.39, 0.29) is 19.8 Å². The Balaban J connectivity index is -0.000000270. The molecule has 0 aliphatic rings. The molecule has 0 bridgehead atoms. The Labute approximate surface area is 66.3 Å². The van der Waals surface area contributed by atoms with Crippen molar-refractivity contribution < 1.29 is 19.0 Å². The van der Waals surface area contributed by atoms with Crippen LogP contribution >= 0.6 is 0 Å². The molecule has 70 valence electrons. The monoisotopic (exact) mass is 183 g/mol. The summed E-state index contributed by atoms with van der Waals surface area (Å²) in [4.78, 5) is 9.59. The average Bonchev–Trinajstić information content (AvgIpc) is 1.90. The standard InChI is InChI=1S/C6H5NO2.3FH/c8-7(9)6-4-2-1-3-5-6;;;/h1-5H;3*1H. The molecule has 0 amide bonds. The highest BCUT2D eigenvalue weighted by Crippen LogP contribution is 2.06. The van der Waals surface area contributed by atoms with Gasteiger partial charge in [-0.1, -0.05) is 18.2 Å². The molecule has 0 saturated carbocycles. The van der Waals surface area contributed by atoms with Crippen LogP contribution in [0.2, 0.25) is 0 Å². The zero-order valence-corrected chi connectivity index (χ0v) is 5.88. The van der Waals surface area contributed by atoms with Crippen LogP contribution in [0.25, 0.3) is 0 Å². The fourth-order valence-electron chi connectivity index (χ4n) is 0.550. The van der Waals surface area contributed by atoms with Crippen molar-refractivity contribution >= 4 is 5.69 Å². The van der Waals surface area contributed by atoms with Gasteiger partial charge in [0.1, 0.15) is 0 Å². The summed E-state index contributed by atoms with van der Waals surface area (Å²) in [7, 11) is 0. The number of hydrogen-bond donors (Lipinski definition) is 0. The number of nitro groups is 1. The zero-order valence-electron chi connectivity index (χ0n) is 5.88. The third kappa shape index (κ3) is 4.26. The second kappa shape index (κ2) is 7.52. The molecule has 12 heavy (non-hydrogen) atoms. The molecule has 0 aliphatic carbocycles. The number of non-ortho nitro benzene ring substituents is 1. The number of halogens is 3. The lowest BCUT2D eigenvalue weighted by Crippen LogP contribution is -1.84. The predicted molar refractivity (Wildman–Crippen MR) is 40.6 cm³/mol. The molecule has 0 fully saturated rings. The maximum atomic E-state index is 10.0. The van der Waals surface area contributed by atoms with Gasteiger partial charge in [-0.05, 0) is 0 Å². The molecule has 3 nitrogen and oxygen atoms in total. The fraction of sp³-hybridized carbons (Fsp3) is 0. The fourth-order valence-corrected chi connectivity index (χ4v) is 0.550. The van der Waals surface area contributed by atoms with Crippen LogP contribution in [0, 0.1) is 10.1 Å². The first kappa shape index (κ1) is 16.8. The van der Waals surface area contributed by atoms with Crippen LogP contribution in [0.5, 0.6) is 0 Å². The lowest BCUT2D eigenvalue weighted by molar-refractivity contribution is -0.384. The van der Waals surface area contributed by atoms with E-state index in [0.29, 0.717) is 0 Å². The van der Waals surface area contributed by atoms with Crippen molar-refractivity contribution in [2.24, 2.45) is 0 Å². The molecule has 0 atom stereocenters. The van der Waals surface area contributed by atoms with Crippen molar-refractivity contribution in [3.63, 3.8) is 0 Å². The van der Waals surface area contributed by atoms with Crippen LogP contribution in [-0.2, 0) is 0 Å². The Morgan fingerprint density at radius 3 is 1.67 bits per heavy atom. The molecule has 1 aromatic carbocycles. The van der Waals surface area contributed by atoms with Gasteiger partial charge in [0.2, 0.25) is 0 Å². The maximum absolute atomic E-state index is 10.0. The summed E-state index contributed by atoms with van der Waals surface area (Å²) in [6, 6.07) is 7.93. The summed E-state index contributed by atoms with van der Waals surface area (Å²) in [5.74, 6) is 0. The van der Waals surface area contributed by atoms with Crippen molar-refractivity contribution in [2.45, 2.75) is 0 Å². The van der Waals surface area contributed by atoms with Crippen molar-refractivity contribution in [2.75, 3.05) is 0 Å². The number of benzene rings is 1. The molecule has 1 aromatic rings. The highest BCUT2D eigenvalue weighted by atomic mass is 19.0. The second-order valence-corrected chi connectivity index (χ2v) is 1.59. The highest BCUT2D eigenvalue weighted by molar-refractivity contribution is 5.27. The maximum Gasteiger partial charge on any atom is 0.269 e. The lowest BCUT2D eigenvalue weighted by atomic mass is 10.3.